The van der Waals surface area contributed by atoms with Crippen LogP contribution in [0.5, 0.6) is 0 Å². The number of hydrogen-bond acceptors (Lipinski definition) is 6. The zero-order valence-corrected chi connectivity index (χ0v) is 16.2. The number of esters is 1. The minimum atomic E-state index is -1.21. The van der Waals surface area contributed by atoms with E-state index in [4.69, 9.17) is 4.74 Å². The van der Waals surface area contributed by atoms with Gasteiger partial charge in [-0.05, 0) is 44.4 Å². The third-order valence-electron chi connectivity index (χ3n) is 5.24. The lowest BCUT2D eigenvalue weighted by atomic mass is 10.0. The Hall–Kier alpha value is -2.71. The number of hydrogen-bond donors (Lipinski definition) is 2. The first-order chi connectivity index (χ1) is 13.3. The van der Waals surface area contributed by atoms with Crippen LogP contribution in [0.15, 0.2) is 30.7 Å². The largest absolute Gasteiger partial charge is 0.465 e. The second-order valence-electron chi connectivity index (χ2n) is 7.86. The van der Waals surface area contributed by atoms with Crippen molar-refractivity contribution in [3.8, 4) is 11.1 Å². The van der Waals surface area contributed by atoms with E-state index < -0.39 is 17.7 Å². The van der Waals surface area contributed by atoms with Gasteiger partial charge >= 0.3 is 5.97 Å². The van der Waals surface area contributed by atoms with Crippen molar-refractivity contribution >= 4 is 11.5 Å². The molecule has 4 rings (SSSR count). The number of ether oxygens (including phenoxy) is 1. The summed E-state index contributed by atoms with van der Waals surface area (Å²) in [6.45, 7) is 3.39. The van der Waals surface area contributed by atoms with Crippen molar-refractivity contribution in [2.45, 2.75) is 50.9 Å². The molecule has 0 aromatic carbocycles. The molecule has 0 saturated heterocycles. The number of aromatic nitrogens is 4. The maximum absolute atomic E-state index is 12.0. The number of aliphatic hydroxyl groups excluding tert-OH is 1. The van der Waals surface area contributed by atoms with E-state index in [1.54, 1.807) is 35.4 Å². The average Bonchev–Trinajstić information content (AvgIpc) is 3.27. The predicted octanol–water partition coefficient (Wildman–Crippen LogP) is 1.99. The van der Waals surface area contributed by atoms with Crippen LogP contribution < -0.4 is 0 Å². The van der Waals surface area contributed by atoms with Gasteiger partial charge < -0.3 is 14.9 Å². The number of nitrogens with zero attached hydrogens (tertiary/aromatic N) is 4. The first-order valence-corrected chi connectivity index (χ1v) is 9.32. The molecule has 1 aliphatic rings. The Morgan fingerprint density at radius 2 is 2.11 bits per heavy atom. The molecule has 8 nitrogen and oxygen atoms in total. The highest BCUT2D eigenvalue weighted by atomic mass is 16.5. The molecule has 0 bridgehead atoms. The highest BCUT2D eigenvalue weighted by molar-refractivity contribution is 5.97. The summed E-state index contributed by atoms with van der Waals surface area (Å²) in [6, 6.07) is 3.83. The minimum Gasteiger partial charge on any atom is -0.465 e. The van der Waals surface area contributed by atoms with Crippen molar-refractivity contribution in [1.29, 1.82) is 0 Å². The van der Waals surface area contributed by atoms with Gasteiger partial charge in [0.25, 0.3) is 0 Å². The fraction of sp³-hybridized carbons (Fsp3) is 0.450. The number of rotatable bonds is 6. The van der Waals surface area contributed by atoms with E-state index in [1.165, 1.54) is 13.3 Å². The van der Waals surface area contributed by atoms with Gasteiger partial charge in [0.15, 0.2) is 0 Å². The summed E-state index contributed by atoms with van der Waals surface area (Å²) in [4.78, 5) is 12.0. The van der Waals surface area contributed by atoms with E-state index in [0.717, 1.165) is 29.7 Å². The third-order valence-corrected chi connectivity index (χ3v) is 5.24. The molecule has 0 amide bonds. The quantitative estimate of drug-likeness (QED) is 0.630. The van der Waals surface area contributed by atoms with Crippen molar-refractivity contribution in [1.82, 2.24) is 19.4 Å². The Morgan fingerprint density at radius 3 is 2.75 bits per heavy atom. The fourth-order valence-electron chi connectivity index (χ4n) is 3.35. The van der Waals surface area contributed by atoms with Gasteiger partial charge in [-0.3, -0.25) is 4.68 Å². The molecule has 3 aromatic heterocycles. The molecule has 0 unspecified atom stereocenters. The lowest BCUT2D eigenvalue weighted by Crippen LogP contribution is -2.39. The second kappa shape index (κ2) is 6.72. The summed E-state index contributed by atoms with van der Waals surface area (Å²) in [5.41, 5.74) is 2.79. The van der Waals surface area contributed by atoms with Crippen LogP contribution in [-0.2, 0) is 11.3 Å². The zero-order valence-electron chi connectivity index (χ0n) is 16.2. The van der Waals surface area contributed by atoms with Gasteiger partial charge in [0.1, 0.15) is 11.7 Å². The van der Waals surface area contributed by atoms with Crippen molar-refractivity contribution < 1.29 is 19.7 Å². The summed E-state index contributed by atoms with van der Waals surface area (Å²) in [6.07, 6.45) is 6.29. The normalized spacial score (nSPS) is 15.8. The lowest BCUT2D eigenvalue weighted by molar-refractivity contribution is -0.0569. The van der Waals surface area contributed by atoms with Gasteiger partial charge in [-0.15, -0.1) is 0 Å². The molecule has 1 saturated carbocycles. The Kier molecular flexibility index (Phi) is 4.47. The van der Waals surface area contributed by atoms with Crippen LogP contribution in [-0.4, -0.2) is 54.4 Å². The molecule has 0 radical (unpaired) electrons. The minimum absolute atomic E-state index is 0.220. The second-order valence-corrected chi connectivity index (χ2v) is 7.86. The molecule has 3 aromatic rings. The molecule has 1 atom stereocenters. The van der Waals surface area contributed by atoms with Gasteiger partial charge in [0.05, 0.1) is 37.2 Å². The predicted molar refractivity (Wildman–Crippen MR) is 102 cm³/mol. The Labute approximate surface area is 162 Å². The van der Waals surface area contributed by atoms with Crippen molar-refractivity contribution in [3.63, 3.8) is 0 Å². The zero-order chi connectivity index (χ0) is 20.1. The highest BCUT2D eigenvalue weighted by Gasteiger charge is 2.33. The highest BCUT2D eigenvalue weighted by Crippen LogP contribution is 2.44. The van der Waals surface area contributed by atoms with Crippen molar-refractivity contribution in [2.75, 3.05) is 7.11 Å². The van der Waals surface area contributed by atoms with E-state index in [-0.39, 0.29) is 6.54 Å². The standard InChI is InChI=1S/C20H24N4O4/c1-20(2,27)17(25)11-24-18(12-4-5-12)14(9-22-24)13-6-7-23-16(8-13)15(10-21-23)19(26)28-3/h6-10,12,17,25,27H,4-5,11H2,1-3H3/t17-/m0/s1. The smallest absolute Gasteiger partial charge is 0.341 e. The maximum Gasteiger partial charge on any atom is 0.341 e. The summed E-state index contributed by atoms with van der Waals surface area (Å²) in [5, 5.41) is 29.1. The van der Waals surface area contributed by atoms with E-state index in [1.807, 2.05) is 12.1 Å². The lowest BCUT2D eigenvalue weighted by Gasteiger charge is -2.25. The number of carbonyl (C=O) groups is 1. The molecule has 0 spiro atoms. The van der Waals surface area contributed by atoms with E-state index in [9.17, 15) is 15.0 Å². The van der Waals surface area contributed by atoms with Gasteiger partial charge in [-0.1, -0.05) is 0 Å². The van der Waals surface area contributed by atoms with Gasteiger partial charge in [0, 0.05) is 23.4 Å². The number of fused-ring (bicyclic) bond motifs is 1. The van der Waals surface area contributed by atoms with E-state index in [2.05, 4.69) is 10.2 Å². The molecule has 2 N–H and O–H groups in total. The van der Waals surface area contributed by atoms with Gasteiger partial charge in [-0.2, -0.15) is 10.2 Å². The Balaban J connectivity index is 1.76. The maximum atomic E-state index is 12.0. The van der Waals surface area contributed by atoms with Crippen molar-refractivity contribution in [3.05, 3.63) is 42.0 Å². The molecule has 0 aliphatic heterocycles. The van der Waals surface area contributed by atoms with Crippen molar-refractivity contribution in [2.24, 2.45) is 0 Å². The van der Waals surface area contributed by atoms with E-state index >= 15 is 0 Å². The SMILES string of the molecule is COC(=O)c1cnn2ccc(-c3cnn(C[C@H](O)C(C)(C)O)c3C3CC3)cc12. The summed E-state index contributed by atoms with van der Waals surface area (Å²) < 4.78 is 8.26. The first kappa shape index (κ1) is 18.6. The van der Waals surface area contributed by atoms with Crippen LogP contribution in [0.25, 0.3) is 16.6 Å². The Bertz CT molecular complexity index is 1030. The van der Waals surface area contributed by atoms with E-state index in [0.29, 0.717) is 17.0 Å². The molecule has 148 valence electrons. The fourth-order valence-corrected chi connectivity index (χ4v) is 3.35. The number of pyridine rings is 1. The summed E-state index contributed by atoms with van der Waals surface area (Å²) >= 11 is 0. The molecular formula is C20H24N4O4. The summed E-state index contributed by atoms with van der Waals surface area (Å²) in [7, 11) is 1.35. The van der Waals surface area contributed by atoms with Gasteiger partial charge in [0.2, 0.25) is 0 Å². The molecule has 28 heavy (non-hydrogen) atoms. The molecule has 3 heterocycles. The molecular weight excluding hydrogens is 360 g/mol. The van der Waals surface area contributed by atoms with Crippen LogP contribution >= 0.6 is 0 Å². The number of methoxy groups -OCH3 is 1. The monoisotopic (exact) mass is 384 g/mol. The number of aliphatic hydroxyl groups is 2. The topological polar surface area (TPSA) is 102 Å². The summed E-state index contributed by atoms with van der Waals surface area (Å²) in [5.74, 6) is -0.0497. The van der Waals surface area contributed by atoms with Gasteiger partial charge in [-0.25, -0.2) is 9.31 Å². The number of carbonyl (C=O) groups excluding carboxylic acids is 1. The van der Waals surface area contributed by atoms with Crippen LogP contribution in [0, 0.1) is 0 Å². The van der Waals surface area contributed by atoms with Crippen LogP contribution in [0.3, 0.4) is 0 Å². The van der Waals surface area contributed by atoms with Crippen LogP contribution in [0.1, 0.15) is 48.7 Å². The molecule has 1 fully saturated rings. The van der Waals surface area contributed by atoms with Crippen LogP contribution in [0.2, 0.25) is 0 Å². The van der Waals surface area contributed by atoms with Crippen LogP contribution in [0.4, 0.5) is 0 Å². The molecule has 1 aliphatic carbocycles. The first-order valence-electron chi connectivity index (χ1n) is 9.32. The molecule has 8 heteroatoms. The Morgan fingerprint density at radius 1 is 1.36 bits per heavy atom. The average molecular weight is 384 g/mol. The third kappa shape index (κ3) is 3.29.